The van der Waals surface area contributed by atoms with E-state index in [1.54, 1.807) is 17.6 Å². The number of hydrogen-bond donors (Lipinski definition) is 1. The number of benzene rings is 1. The molecule has 6 nitrogen and oxygen atoms in total. The maximum absolute atomic E-state index is 13.0. The van der Waals surface area contributed by atoms with Crippen molar-refractivity contribution in [2.75, 3.05) is 0 Å². The molecule has 1 heterocycles. The number of nitriles is 1. The Labute approximate surface area is 175 Å². The van der Waals surface area contributed by atoms with Gasteiger partial charge in [-0.25, -0.2) is 4.98 Å². The summed E-state index contributed by atoms with van der Waals surface area (Å²) in [6, 6.07) is 9.61. The van der Waals surface area contributed by atoms with E-state index < -0.39 is 10.8 Å². The average Bonchev–Trinajstić information content (AvgIpc) is 2.71. The summed E-state index contributed by atoms with van der Waals surface area (Å²) in [4.78, 5) is 30.6. The van der Waals surface area contributed by atoms with Crippen molar-refractivity contribution in [2.45, 2.75) is 75.4 Å². The maximum Gasteiger partial charge on any atom is 0.262 e. The third kappa shape index (κ3) is 4.81. The Balaban J connectivity index is 1.87. The van der Waals surface area contributed by atoms with Crippen molar-refractivity contribution >= 4 is 28.6 Å². The van der Waals surface area contributed by atoms with E-state index in [0.717, 1.165) is 19.3 Å². The Morgan fingerprint density at radius 2 is 1.97 bits per heavy atom. The van der Waals surface area contributed by atoms with Gasteiger partial charge in [0.1, 0.15) is 5.54 Å². The lowest BCUT2D eigenvalue weighted by Gasteiger charge is -2.32. The van der Waals surface area contributed by atoms with E-state index in [1.807, 2.05) is 32.0 Å². The largest absolute Gasteiger partial charge is 0.337 e. The number of rotatable bonds is 6. The van der Waals surface area contributed by atoms with Crippen LogP contribution in [-0.4, -0.2) is 26.2 Å². The summed E-state index contributed by atoms with van der Waals surface area (Å²) in [5.41, 5.74) is -0.216. The van der Waals surface area contributed by atoms with E-state index in [2.05, 4.69) is 16.4 Å². The van der Waals surface area contributed by atoms with Gasteiger partial charge in [-0.2, -0.15) is 5.26 Å². The van der Waals surface area contributed by atoms with Crippen molar-refractivity contribution in [2.24, 2.45) is 5.92 Å². The van der Waals surface area contributed by atoms with Crippen LogP contribution < -0.4 is 10.9 Å². The van der Waals surface area contributed by atoms with Crippen LogP contribution in [0.5, 0.6) is 0 Å². The highest BCUT2D eigenvalue weighted by Crippen LogP contribution is 2.29. The third-order valence-electron chi connectivity index (χ3n) is 5.31. The van der Waals surface area contributed by atoms with Gasteiger partial charge in [-0.3, -0.25) is 14.2 Å². The first-order valence-corrected chi connectivity index (χ1v) is 11.1. The number of nitrogens with one attached hydrogen (secondary N) is 1. The maximum atomic E-state index is 13.0. The molecule has 7 heteroatoms. The lowest BCUT2D eigenvalue weighted by molar-refractivity contribution is -0.121. The van der Waals surface area contributed by atoms with Crippen LogP contribution in [0.15, 0.2) is 34.2 Å². The normalized spacial score (nSPS) is 17.1. The molecule has 154 valence electrons. The van der Waals surface area contributed by atoms with Gasteiger partial charge in [-0.05, 0) is 37.8 Å². The molecule has 0 bridgehead atoms. The fraction of sp³-hybridized carbons (Fsp3) is 0.545. The molecule has 0 radical (unpaired) electrons. The molecular formula is C22H28N4O2S. The van der Waals surface area contributed by atoms with E-state index in [0.29, 0.717) is 35.4 Å². The summed E-state index contributed by atoms with van der Waals surface area (Å²) in [6.07, 6.45) is 4.40. The molecule has 1 aliphatic carbocycles. The fourth-order valence-electron chi connectivity index (χ4n) is 3.73. The molecule has 0 aliphatic heterocycles. The number of para-hydroxylation sites is 1. The second kappa shape index (κ2) is 9.00. The number of nitrogens with zero attached hydrogens (tertiary/aromatic N) is 3. The Hall–Kier alpha value is -2.33. The molecule has 1 aromatic carbocycles. The molecule has 1 aliphatic rings. The van der Waals surface area contributed by atoms with Gasteiger partial charge in [-0.1, -0.05) is 57.0 Å². The SMILES string of the molecule is CC(C)Cn1c(S[C@@H](C)C(=O)NC2(C#N)CCCCC2)nc2ccccc2c1=O. The quantitative estimate of drug-likeness (QED) is 0.575. The van der Waals surface area contributed by atoms with Gasteiger partial charge in [0.05, 0.1) is 22.2 Å². The topological polar surface area (TPSA) is 87.8 Å². The predicted molar refractivity (Wildman–Crippen MR) is 116 cm³/mol. The van der Waals surface area contributed by atoms with Gasteiger partial charge in [-0.15, -0.1) is 0 Å². The summed E-state index contributed by atoms with van der Waals surface area (Å²) < 4.78 is 1.67. The fourth-order valence-corrected chi connectivity index (χ4v) is 4.65. The van der Waals surface area contributed by atoms with Gasteiger partial charge in [0, 0.05) is 6.54 Å². The number of carbonyl (C=O) groups is 1. The zero-order chi connectivity index (χ0) is 21.0. The average molecular weight is 413 g/mol. The molecule has 1 saturated carbocycles. The van der Waals surface area contributed by atoms with Crippen LogP contribution in [0.2, 0.25) is 0 Å². The molecule has 2 aromatic rings. The van der Waals surface area contributed by atoms with Crippen LogP contribution in [0, 0.1) is 17.2 Å². The van der Waals surface area contributed by atoms with Crippen LogP contribution in [0.4, 0.5) is 0 Å². The molecular weight excluding hydrogens is 384 g/mol. The highest BCUT2D eigenvalue weighted by atomic mass is 32.2. The van der Waals surface area contributed by atoms with Crippen molar-refractivity contribution < 1.29 is 4.79 Å². The summed E-state index contributed by atoms with van der Waals surface area (Å²) in [5.74, 6) is 0.0835. The minimum atomic E-state index is -0.765. The van der Waals surface area contributed by atoms with Crippen molar-refractivity contribution in [1.82, 2.24) is 14.9 Å². The van der Waals surface area contributed by atoms with Crippen LogP contribution in [0.3, 0.4) is 0 Å². The first-order chi connectivity index (χ1) is 13.8. The monoisotopic (exact) mass is 412 g/mol. The second-order valence-corrected chi connectivity index (χ2v) is 9.53. The van der Waals surface area contributed by atoms with Crippen molar-refractivity contribution in [3.8, 4) is 6.07 Å². The molecule has 0 saturated heterocycles. The Morgan fingerprint density at radius 1 is 1.28 bits per heavy atom. The Bertz CT molecular complexity index is 986. The van der Waals surface area contributed by atoms with Crippen LogP contribution in [-0.2, 0) is 11.3 Å². The molecule has 29 heavy (non-hydrogen) atoms. The molecule has 1 atom stereocenters. The summed E-state index contributed by atoms with van der Waals surface area (Å²) in [7, 11) is 0. The number of aromatic nitrogens is 2. The number of carbonyl (C=O) groups excluding carboxylic acids is 1. The molecule has 3 rings (SSSR count). The zero-order valence-corrected chi connectivity index (χ0v) is 18.1. The van der Waals surface area contributed by atoms with Crippen LogP contribution >= 0.6 is 11.8 Å². The molecule has 1 amide bonds. The lowest BCUT2D eigenvalue weighted by atomic mass is 9.83. The number of fused-ring (bicyclic) bond motifs is 1. The molecule has 1 aromatic heterocycles. The van der Waals surface area contributed by atoms with Crippen LogP contribution in [0.1, 0.15) is 52.9 Å². The smallest absolute Gasteiger partial charge is 0.262 e. The second-order valence-electron chi connectivity index (χ2n) is 8.23. The van der Waals surface area contributed by atoms with E-state index in [-0.39, 0.29) is 17.4 Å². The van der Waals surface area contributed by atoms with E-state index in [4.69, 9.17) is 0 Å². The summed E-state index contributed by atoms with van der Waals surface area (Å²) >= 11 is 1.28. The summed E-state index contributed by atoms with van der Waals surface area (Å²) in [5, 5.41) is 13.3. The molecule has 0 spiro atoms. The number of hydrogen-bond acceptors (Lipinski definition) is 5. The summed E-state index contributed by atoms with van der Waals surface area (Å²) in [6.45, 7) is 6.43. The number of amides is 1. The van der Waals surface area contributed by atoms with E-state index in [1.165, 1.54) is 11.8 Å². The van der Waals surface area contributed by atoms with Crippen molar-refractivity contribution in [3.05, 3.63) is 34.6 Å². The van der Waals surface area contributed by atoms with Crippen LogP contribution in [0.25, 0.3) is 10.9 Å². The predicted octanol–water partition coefficient (Wildman–Crippen LogP) is 3.88. The highest BCUT2D eigenvalue weighted by Gasteiger charge is 2.35. The van der Waals surface area contributed by atoms with Gasteiger partial charge in [0.15, 0.2) is 5.16 Å². The Kier molecular flexibility index (Phi) is 6.63. The van der Waals surface area contributed by atoms with Crippen molar-refractivity contribution in [1.29, 1.82) is 5.26 Å². The van der Waals surface area contributed by atoms with Gasteiger partial charge in [0.2, 0.25) is 5.91 Å². The third-order valence-corrected chi connectivity index (χ3v) is 6.40. The standard InChI is InChI=1S/C22H28N4O2S/c1-15(2)13-26-20(28)17-9-5-6-10-18(17)24-21(26)29-16(3)19(27)25-22(14-23)11-7-4-8-12-22/h5-6,9-10,15-16H,4,7-8,11-13H2,1-3H3,(H,25,27)/t16-/m0/s1. The van der Waals surface area contributed by atoms with E-state index >= 15 is 0 Å². The van der Waals surface area contributed by atoms with Crippen molar-refractivity contribution in [3.63, 3.8) is 0 Å². The minimum Gasteiger partial charge on any atom is -0.337 e. The molecule has 0 unspecified atom stereocenters. The molecule has 1 fully saturated rings. The minimum absolute atomic E-state index is 0.0832. The Morgan fingerprint density at radius 3 is 2.62 bits per heavy atom. The number of thioether (sulfide) groups is 1. The van der Waals surface area contributed by atoms with E-state index in [9.17, 15) is 14.9 Å². The molecule has 1 N–H and O–H groups in total. The highest BCUT2D eigenvalue weighted by molar-refractivity contribution is 8.00. The van der Waals surface area contributed by atoms with Gasteiger partial charge < -0.3 is 5.32 Å². The first kappa shape index (κ1) is 21.4. The first-order valence-electron chi connectivity index (χ1n) is 10.2. The zero-order valence-electron chi connectivity index (χ0n) is 17.3. The van der Waals surface area contributed by atoms with Gasteiger partial charge >= 0.3 is 0 Å². The lowest BCUT2D eigenvalue weighted by Crippen LogP contribution is -2.51. The van der Waals surface area contributed by atoms with Gasteiger partial charge in [0.25, 0.3) is 5.56 Å².